The Morgan fingerprint density at radius 3 is 2.68 bits per heavy atom. The zero-order chi connectivity index (χ0) is 13.2. The van der Waals surface area contributed by atoms with Gasteiger partial charge in [0.05, 0.1) is 24.4 Å². The second-order valence-corrected chi connectivity index (χ2v) is 4.85. The Hall–Kier alpha value is -2.07. The van der Waals surface area contributed by atoms with Crippen LogP contribution in [-0.2, 0) is 0 Å². The fourth-order valence-electron chi connectivity index (χ4n) is 2.07. The molecule has 19 heavy (non-hydrogen) atoms. The molecule has 0 atom stereocenters. The van der Waals surface area contributed by atoms with Crippen molar-refractivity contribution in [2.24, 2.45) is 0 Å². The van der Waals surface area contributed by atoms with E-state index in [4.69, 9.17) is 9.47 Å². The van der Waals surface area contributed by atoms with E-state index in [0.29, 0.717) is 0 Å². The van der Waals surface area contributed by atoms with Crippen LogP contribution in [-0.4, -0.2) is 19.2 Å². The van der Waals surface area contributed by atoms with E-state index in [0.717, 1.165) is 32.8 Å². The van der Waals surface area contributed by atoms with Gasteiger partial charge in [0, 0.05) is 5.56 Å². The van der Waals surface area contributed by atoms with Gasteiger partial charge in [-0.05, 0) is 23.8 Å². The van der Waals surface area contributed by atoms with E-state index < -0.39 is 0 Å². The van der Waals surface area contributed by atoms with Gasteiger partial charge in [-0.25, -0.2) is 4.98 Å². The highest BCUT2D eigenvalue weighted by molar-refractivity contribution is 7.16. The maximum atomic E-state index is 5.34. The Bertz CT molecular complexity index is 721. The van der Waals surface area contributed by atoms with Gasteiger partial charge >= 0.3 is 0 Å². The fourth-order valence-corrected chi connectivity index (χ4v) is 2.71. The topological polar surface area (TPSA) is 31.4 Å². The van der Waals surface area contributed by atoms with Crippen molar-refractivity contribution in [1.82, 2.24) is 4.98 Å². The van der Waals surface area contributed by atoms with Gasteiger partial charge < -0.3 is 9.47 Å². The summed E-state index contributed by atoms with van der Waals surface area (Å²) in [4.78, 5) is 4.31. The van der Waals surface area contributed by atoms with E-state index >= 15 is 0 Å². The summed E-state index contributed by atoms with van der Waals surface area (Å²) in [6, 6.07) is 12.0. The molecule has 0 amide bonds. The lowest BCUT2D eigenvalue weighted by Gasteiger charge is -2.10. The Labute approximate surface area is 115 Å². The molecule has 0 spiro atoms. The zero-order valence-electron chi connectivity index (χ0n) is 10.6. The van der Waals surface area contributed by atoms with Crippen LogP contribution in [0.2, 0.25) is 0 Å². The molecule has 0 saturated carbocycles. The molecular weight excluding hydrogens is 258 g/mol. The third kappa shape index (κ3) is 2.04. The van der Waals surface area contributed by atoms with Gasteiger partial charge in [0.2, 0.25) is 0 Å². The normalized spacial score (nSPS) is 10.6. The number of benzene rings is 2. The Kier molecular flexibility index (Phi) is 3.09. The number of methoxy groups -OCH3 is 2. The van der Waals surface area contributed by atoms with Crippen molar-refractivity contribution in [2.75, 3.05) is 14.2 Å². The molecule has 2 aromatic carbocycles. The maximum Gasteiger partial charge on any atom is 0.161 e. The van der Waals surface area contributed by atoms with Crippen LogP contribution in [0.25, 0.3) is 21.3 Å². The first-order valence-corrected chi connectivity index (χ1v) is 6.63. The smallest absolute Gasteiger partial charge is 0.161 e. The van der Waals surface area contributed by atoms with Crippen molar-refractivity contribution in [3.63, 3.8) is 0 Å². The average molecular weight is 270 g/mol. The molecule has 1 heterocycles. The van der Waals surface area contributed by atoms with Gasteiger partial charge in [-0.1, -0.05) is 18.2 Å². The molecule has 0 aliphatic heterocycles. The zero-order valence-corrected chi connectivity index (χ0v) is 11.5. The molecule has 4 heteroatoms. The number of thiazole rings is 1. The number of nitrogens with zero attached hydrogens (tertiary/aromatic N) is 1. The van der Waals surface area contributed by atoms with Gasteiger partial charge in [-0.15, -0.1) is 11.3 Å². The third-order valence-electron chi connectivity index (χ3n) is 3.01. The van der Waals surface area contributed by atoms with Crippen LogP contribution < -0.4 is 9.47 Å². The number of rotatable bonds is 3. The van der Waals surface area contributed by atoms with Crippen LogP contribution in [0.3, 0.4) is 0 Å². The molecule has 1 aromatic heterocycles. The van der Waals surface area contributed by atoms with Crippen LogP contribution in [0.1, 0.15) is 0 Å². The van der Waals surface area contributed by atoms with E-state index in [9.17, 15) is 0 Å². The quantitative estimate of drug-likeness (QED) is 0.725. The highest BCUT2D eigenvalue weighted by atomic mass is 32.1. The minimum atomic E-state index is 0.719. The second kappa shape index (κ2) is 4.90. The molecule has 0 saturated heterocycles. The largest absolute Gasteiger partial charge is 0.493 e. The average Bonchev–Trinajstić information content (AvgIpc) is 2.94. The molecule has 3 rings (SSSR count). The Morgan fingerprint density at radius 2 is 1.89 bits per heavy atom. The van der Waals surface area contributed by atoms with E-state index in [2.05, 4.69) is 16.6 Å². The summed E-state index contributed by atoms with van der Waals surface area (Å²) in [6.45, 7) is 0. The first kappa shape index (κ1) is 12.0. The van der Waals surface area contributed by atoms with E-state index in [1.807, 2.05) is 30.3 Å². The molecule has 0 bridgehead atoms. The van der Waals surface area contributed by atoms with Gasteiger partial charge in [0.1, 0.15) is 0 Å². The Balaban J connectivity index is 2.19. The number of hydrogen-bond acceptors (Lipinski definition) is 4. The standard InChI is InChI=1S/C15H12NO2S/c1-17-12-7-6-10(8-13(12)18-2)11-4-3-5-14-15(11)16-9-19-14/h3-8H,1-2H3. The highest BCUT2D eigenvalue weighted by Gasteiger charge is 2.10. The molecule has 1 radical (unpaired) electrons. The molecule has 0 aliphatic carbocycles. The van der Waals surface area contributed by atoms with Crippen LogP contribution in [0.4, 0.5) is 0 Å². The molecule has 95 valence electrons. The number of aromatic nitrogens is 1. The van der Waals surface area contributed by atoms with E-state index in [1.54, 1.807) is 14.2 Å². The maximum absolute atomic E-state index is 5.34. The van der Waals surface area contributed by atoms with Crippen LogP contribution in [0.5, 0.6) is 11.5 Å². The summed E-state index contributed by atoms with van der Waals surface area (Å²) >= 11 is 1.52. The summed E-state index contributed by atoms with van der Waals surface area (Å²) < 4.78 is 11.7. The third-order valence-corrected chi connectivity index (χ3v) is 3.74. The molecule has 0 aliphatic rings. The SMILES string of the molecule is COc1ccc(-c2cccc3s[c]nc23)cc1OC. The van der Waals surface area contributed by atoms with Crippen LogP contribution in [0.15, 0.2) is 36.4 Å². The molecule has 3 nitrogen and oxygen atoms in total. The van der Waals surface area contributed by atoms with Crippen molar-refractivity contribution in [1.29, 1.82) is 0 Å². The lowest BCUT2D eigenvalue weighted by atomic mass is 10.0. The predicted octanol–water partition coefficient (Wildman–Crippen LogP) is 3.78. The van der Waals surface area contributed by atoms with E-state index in [1.165, 1.54) is 11.3 Å². The van der Waals surface area contributed by atoms with Gasteiger partial charge in [0.25, 0.3) is 0 Å². The summed E-state index contributed by atoms with van der Waals surface area (Å²) in [5.41, 5.74) is 6.04. The van der Waals surface area contributed by atoms with Crippen LogP contribution in [0, 0.1) is 5.51 Å². The number of fused-ring (bicyclic) bond motifs is 1. The summed E-state index contributed by atoms with van der Waals surface area (Å²) in [5, 5.41) is 0. The van der Waals surface area contributed by atoms with Crippen molar-refractivity contribution in [3.8, 4) is 22.6 Å². The number of ether oxygens (including phenoxy) is 2. The predicted molar refractivity (Wildman–Crippen MR) is 77.0 cm³/mol. The van der Waals surface area contributed by atoms with Crippen LogP contribution >= 0.6 is 11.3 Å². The van der Waals surface area contributed by atoms with Crippen molar-refractivity contribution in [2.45, 2.75) is 0 Å². The lowest BCUT2D eigenvalue weighted by Crippen LogP contribution is -1.91. The Morgan fingerprint density at radius 1 is 1.05 bits per heavy atom. The molecule has 0 fully saturated rings. The molecular formula is C15H12NO2S. The molecule has 0 N–H and O–H groups in total. The first-order chi connectivity index (χ1) is 9.33. The van der Waals surface area contributed by atoms with E-state index in [-0.39, 0.29) is 0 Å². The van der Waals surface area contributed by atoms with Crippen molar-refractivity contribution in [3.05, 3.63) is 41.9 Å². The van der Waals surface area contributed by atoms with Gasteiger partial charge in [-0.2, -0.15) is 0 Å². The molecule has 0 unspecified atom stereocenters. The minimum absolute atomic E-state index is 0.719. The fraction of sp³-hybridized carbons (Fsp3) is 0.133. The first-order valence-electron chi connectivity index (χ1n) is 5.81. The van der Waals surface area contributed by atoms with Crippen molar-refractivity contribution >= 4 is 21.6 Å². The lowest BCUT2D eigenvalue weighted by molar-refractivity contribution is 0.355. The highest BCUT2D eigenvalue weighted by Crippen LogP contribution is 2.35. The molecule has 3 aromatic rings. The summed E-state index contributed by atoms with van der Waals surface area (Å²) in [5.74, 6) is 1.44. The summed E-state index contributed by atoms with van der Waals surface area (Å²) in [7, 11) is 3.27. The van der Waals surface area contributed by atoms with Crippen molar-refractivity contribution < 1.29 is 9.47 Å². The minimum Gasteiger partial charge on any atom is -0.493 e. The number of para-hydroxylation sites is 1. The monoisotopic (exact) mass is 270 g/mol. The second-order valence-electron chi connectivity index (χ2n) is 4.03. The van der Waals surface area contributed by atoms with Gasteiger partial charge in [-0.3, -0.25) is 0 Å². The van der Waals surface area contributed by atoms with Gasteiger partial charge in [0.15, 0.2) is 17.0 Å². The number of hydrogen-bond donors (Lipinski definition) is 0. The summed E-state index contributed by atoms with van der Waals surface area (Å²) in [6.07, 6.45) is 0.